The number of morpholine rings is 2. The van der Waals surface area contributed by atoms with Crippen molar-refractivity contribution in [3.63, 3.8) is 0 Å². The number of allylic oxidation sites excluding steroid dienone is 1. The van der Waals surface area contributed by atoms with Gasteiger partial charge < -0.3 is 29.0 Å². The summed E-state index contributed by atoms with van der Waals surface area (Å²) >= 11 is 6.51. The van der Waals surface area contributed by atoms with E-state index in [0.717, 1.165) is 30.5 Å². The van der Waals surface area contributed by atoms with Gasteiger partial charge in [0, 0.05) is 66.7 Å². The second-order valence-electron chi connectivity index (χ2n) is 12.0. The molecule has 3 aliphatic heterocycles. The molecular weight excluding hydrogens is 658 g/mol. The summed E-state index contributed by atoms with van der Waals surface area (Å²) in [6, 6.07) is 9.80. The van der Waals surface area contributed by atoms with Crippen LogP contribution in [-0.4, -0.2) is 91.3 Å². The van der Waals surface area contributed by atoms with E-state index in [1.165, 1.54) is 17.0 Å². The number of carbonyl (C=O) groups excluding carboxylic acids is 5. The van der Waals surface area contributed by atoms with Crippen molar-refractivity contribution in [2.24, 2.45) is 0 Å². The fraction of sp³-hybridized carbons (Fsp3) is 0.353. The summed E-state index contributed by atoms with van der Waals surface area (Å²) in [7, 11) is 0. The predicted molar refractivity (Wildman–Crippen MR) is 176 cm³/mol. The van der Waals surface area contributed by atoms with Crippen LogP contribution in [-0.2, 0) is 44.7 Å². The van der Waals surface area contributed by atoms with Crippen LogP contribution in [0.25, 0.3) is 11.0 Å². The number of benzene rings is 2. The van der Waals surface area contributed by atoms with Crippen LogP contribution in [0, 0.1) is 0 Å². The van der Waals surface area contributed by atoms with Crippen molar-refractivity contribution in [1.82, 2.24) is 10.1 Å². The van der Waals surface area contributed by atoms with Gasteiger partial charge in [0.25, 0.3) is 23.6 Å². The molecule has 1 aliphatic carbocycles. The van der Waals surface area contributed by atoms with Gasteiger partial charge in [0.1, 0.15) is 0 Å². The molecule has 14 nitrogen and oxygen atoms in total. The predicted octanol–water partition coefficient (Wildman–Crippen LogP) is 3.14. The largest absolute Gasteiger partial charge is 0.449 e. The minimum absolute atomic E-state index is 0.0417. The lowest BCUT2D eigenvalue weighted by Gasteiger charge is -2.35. The standard InChI is InChI=1S/C34H32ClN5O9/c1-19(41)48-28(29-34(45)39(12-15-47-29)22-7-9-26(35)20(16-22)18-38-10-13-46-14-11-38)31(42)36-21-6-8-25-27(17-21)49-37-30(25)40-32(43)23-4-2-3-5-24(23)33(40)44/h2,4,6-9,16-17,28-29H,3,5,10-15,18H2,1H3,(H,36,42). The van der Waals surface area contributed by atoms with Crippen LogP contribution in [0.15, 0.2) is 64.2 Å². The van der Waals surface area contributed by atoms with Gasteiger partial charge >= 0.3 is 5.97 Å². The molecule has 7 rings (SSSR count). The molecule has 0 saturated carbocycles. The van der Waals surface area contributed by atoms with Gasteiger partial charge in [0.2, 0.25) is 6.10 Å². The number of esters is 1. The monoisotopic (exact) mass is 689 g/mol. The summed E-state index contributed by atoms with van der Waals surface area (Å²) in [4.78, 5) is 70.3. The summed E-state index contributed by atoms with van der Waals surface area (Å²) < 4.78 is 22.0. The first kappa shape index (κ1) is 32.6. The van der Waals surface area contributed by atoms with Gasteiger partial charge in [-0.2, -0.15) is 0 Å². The Balaban J connectivity index is 1.08. The van der Waals surface area contributed by atoms with E-state index in [1.807, 2.05) is 12.1 Å². The third kappa shape index (κ3) is 6.35. The third-order valence-electron chi connectivity index (χ3n) is 8.78. The highest BCUT2D eigenvalue weighted by atomic mass is 35.5. The number of aromatic nitrogens is 1. The number of halogens is 1. The quantitative estimate of drug-likeness (QED) is 0.273. The number of imide groups is 1. The lowest BCUT2D eigenvalue weighted by atomic mass is 10.00. The lowest BCUT2D eigenvalue weighted by molar-refractivity contribution is -0.167. The lowest BCUT2D eigenvalue weighted by Crippen LogP contribution is -2.56. The second-order valence-corrected chi connectivity index (χ2v) is 12.4. The van der Waals surface area contributed by atoms with Gasteiger partial charge in [-0.25, -0.2) is 4.90 Å². The van der Waals surface area contributed by atoms with Crippen LogP contribution in [0.4, 0.5) is 17.2 Å². The molecule has 1 aromatic heterocycles. The minimum atomic E-state index is -1.63. The van der Waals surface area contributed by atoms with E-state index < -0.39 is 41.8 Å². The molecule has 2 aromatic carbocycles. The Bertz CT molecular complexity index is 1930. The molecule has 254 valence electrons. The normalized spacial score (nSPS) is 20.6. The molecule has 49 heavy (non-hydrogen) atoms. The van der Waals surface area contributed by atoms with Crippen molar-refractivity contribution >= 4 is 69.4 Å². The molecule has 4 heterocycles. The van der Waals surface area contributed by atoms with Crippen LogP contribution in [0.1, 0.15) is 25.3 Å². The summed E-state index contributed by atoms with van der Waals surface area (Å²) in [6.07, 6.45) is 1.56. The van der Waals surface area contributed by atoms with Crippen LogP contribution < -0.4 is 15.1 Å². The highest BCUT2D eigenvalue weighted by molar-refractivity contribution is 6.35. The number of hydrogen-bond donors (Lipinski definition) is 1. The van der Waals surface area contributed by atoms with Gasteiger partial charge in [-0.15, -0.1) is 0 Å². The molecule has 2 saturated heterocycles. The van der Waals surface area contributed by atoms with E-state index >= 15 is 0 Å². The Morgan fingerprint density at radius 1 is 1.06 bits per heavy atom. The van der Waals surface area contributed by atoms with E-state index in [2.05, 4.69) is 15.4 Å². The summed E-state index contributed by atoms with van der Waals surface area (Å²) in [5, 5.41) is 7.58. The number of nitrogens with one attached hydrogen (secondary N) is 1. The number of rotatable bonds is 8. The number of nitrogens with zero attached hydrogens (tertiary/aromatic N) is 4. The molecule has 1 N–H and O–H groups in total. The number of hydrogen-bond acceptors (Lipinski definition) is 11. The van der Waals surface area contributed by atoms with Crippen molar-refractivity contribution in [3.8, 4) is 0 Å². The molecular formula is C34H32ClN5O9. The summed E-state index contributed by atoms with van der Waals surface area (Å²) in [5.41, 5.74) is 2.60. The Morgan fingerprint density at radius 2 is 1.88 bits per heavy atom. The van der Waals surface area contributed by atoms with Crippen molar-refractivity contribution in [3.05, 3.63) is 70.3 Å². The maximum atomic E-state index is 13.8. The van der Waals surface area contributed by atoms with Gasteiger partial charge in [-0.1, -0.05) is 28.9 Å². The Hall–Kier alpha value is -4.89. The molecule has 0 radical (unpaired) electrons. The van der Waals surface area contributed by atoms with E-state index in [1.54, 1.807) is 24.3 Å². The molecule has 2 atom stereocenters. The smallest absolute Gasteiger partial charge is 0.303 e. The van der Waals surface area contributed by atoms with Crippen molar-refractivity contribution in [2.75, 3.05) is 54.6 Å². The average Bonchev–Trinajstić information content (AvgIpc) is 3.62. The molecule has 2 fully saturated rings. The molecule has 15 heteroatoms. The zero-order chi connectivity index (χ0) is 34.2. The fourth-order valence-corrected chi connectivity index (χ4v) is 6.54. The summed E-state index contributed by atoms with van der Waals surface area (Å²) in [6.45, 7) is 4.79. The van der Waals surface area contributed by atoms with Crippen LogP contribution in [0.2, 0.25) is 5.02 Å². The van der Waals surface area contributed by atoms with Crippen molar-refractivity contribution in [1.29, 1.82) is 0 Å². The Morgan fingerprint density at radius 3 is 2.65 bits per heavy atom. The van der Waals surface area contributed by atoms with Crippen LogP contribution in [0.5, 0.6) is 0 Å². The average molecular weight is 690 g/mol. The number of carbonyl (C=O) groups is 5. The highest BCUT2D eigenvalue weighted by Crippen LogP contribution is 2.36. The molecule has 0 spiro atoms. The topological polar surface area (TPSA) is 161 Å². The molecule has 2 unspecified atom stereocenters. The van der Waals surface area contributed by atoms with Crippen LogP contribution >= 0.6 is 11.6 Å². The second kappa shape index (κ2) is 13.6. The molecule has 4 aliphatic rings. The first-order valence-corrected chi connectivity index (χ1v) is 16.2. The highest BCUT2D eigenvalue weighted by Gasteiger charge is 2.43. The number of fused-ring (bicyclic) bond motifs is 1. The van der Waals surface area contributed by atoms with E-state index in [4.69, 9.17) is 30.3 Å². The van der Waals surface area contributed by atoms with Gasteiger partial charge in [0.05, 0.1) is 25.2 Å². The van der Waals surface area contributed by atoms with Gasteiger partial charge in [-0.05, 0) is 48.7 Å². The van der Waals surface area contributed by atoms with E-state index in [-0.39, 0.29) is 30.2 Å². The Labute approximate surface area is 285 Å². The fourth-order valence-electron chi connectivity index (χ4n) is 6.36. The maximum absolute atomic E-state index is 13.8. The zero-order valence-electron chi connectivity index (χ0n) is 26.5. The van der Waals surface area contributed by atoms with Crippen molar-refractivity contribution in [2.45, 2.75) is 38.5 Å². The van der Waals surface area contributed by atoms with Crippen molar-refractivity contribution < 1.29 is 42.7 Å². The number of amides is 4. The zero-order valence-corrected chi connectivity index (χ0v) is 27.2. The van der Waals surface area contributed by atoms with E-state index in [9.17, 15) is 24.0 Å². The molecule has 0 bridgehead atoms. The minimum Gasteiger partial charge on any atom is -0.449 e. The van der Waals surface area contributed by atoms with Gasteiger partial charge in [0.15, 0.2) is 17.5 Å². The number of anilines is 3. The molecule has 4 amide bonds. The molecule has 3 aromatic rings. The maximum Gasteiger partial charge on any atom is 0.303 e. The first-order valence-electron chi connectivity index (χ1n) is 15.9. The summed E-state index contributed by atoms with van der Waals surface area (Å²) in [5.74, 6) is -3.04. The Kier molecular flexibility index (Phi) is 9.03. The van der Waals surface area contributed by atoms with Crippen LogP contribution in [0.3, 0.4) is 0 Å². The first-order chi connectivity index (χ1) is 23.7. The number of ether oxygens (including phenoxy) is 3. The van der Waals surface area contributed by atoms with Gasteiger partial charge in [-0.3, -0.25) is 28.9 Å². The third-order valence-corrected chi connectivity index (χ3v) is 9.15. The van der Waals surface area contributed by atoms with E-state index in [0.29, 0.717) is 59.8 Å². The SMILES string of the molecule is CC(=O)OC(C(=O)Nc1ccc2c(N3C(=O)C4=C(CCC=C4)C3=O)noc2c1)C1OCCN(c2ccc(Cl)c(CN3CCOCC3)c2)C1=O.